The van der Waals surface area contributed by atoms with Gasteiger partial charge in [0.25, 0.3) is 5.91 Å². The molecule has 1 amide bonds. The maximum Gasteiger partial charge on any atom is 0.269 e. The SMILES string of the molecule is COc1ccccc1-c1csc(NC(=O)c2sc(COc3ccc(Cl)c(C)c3)nc2C)n1. The van der Waals surface area contributed by atoms with E-state index in [1.807, 2.05) is 55.6 Å². The molecule has 0 unspecified atom stereocenters. The van der Waals surface area contributed by atoms with Crippen LogP contribution in [0.2, 0.25) is 5.02 Å². The molecule has 0 saturated carbocycles. The van der Waals surface area contributed by atoms with Crippen molar-refractivity contribution in [2.24, 2.45) is 0 Å². The van der Waals surface area contributed by atoms with Gasteiger partial charge >= 0.3 is 0 Å². The standard InChI is InChI=1S/C23H20ClN3O3S2/c1-13-10-15(8-9-17(13)24)30-11-20-25-14(2)21(32-20)22(28)27-23-26-18(12-31-23)16-6-4-5-7-19(16)29-3/h4-10,12H,11H2,1-3H3,(H,26,27,28). The van der Waals surface area contributed by atoms with Gasteiger partial charge in [-0.25, -0.2) is 9.97 Å². The van der Waals surface area contributed by atoms with Crippen LogP contribution in [-0.2, 0) is 6.61 Å². The molecule has 6 nitrogen and oxygen atoms in total. The molecule has 4 rings (SSSR count). The molecular weight excluding hydrogens is 466 g/mol. The van der Waals surface area contributed by atoms with Crippen LogP contribution in [0.5, 0.6) is 11.5 Å². The molecule has 0 atom stereocenters. The third-order valence-electron chi connectivity index (χ3n) is 4.65. The predicted octanol–water partition coefficient (Wildman–Crippen LogP) is 6.38. The number of para-hydroxylation sites is 1. The van der Waals surface area contributed by atoms with Gasteiger partial charge in [0.05, 0.1) is 18.5 Å². The number of nitrogens with one attached hydrogen (secondary N) is 1. The quantitative estimate of drug-likeness (QED) is 0.329. The molecule has 2 aromatic heterocycles. The number of aromatic nitrogens is 2. The highest BCUT2D eigenvalue weighted by molar-refractivity contribution is 7.15. The van der Waals surface area contributed by atoms with Crippen molar-refractivity contribution in [2.45, 2.75) is 20.5 Å². The summed E-state index contributed by atoms with van der Waals surface area (Å²) in [4.78, 5) is 22.4. The molecule has 2 heterocycles. The average molecular weight is 486 g/mol. The lowest BCUT2D eigenvalue weighted by molar-refractivity contribution is 0.103. The van der Waals surface area contributed by atoms with Gasteiger partial charge in [-0.15, -0.1) is 22.7 Å². The van der Waals surface area contributed by atoms with Gasteiger partial charge in [0.2, 0.25) is 0 Å². The number of amides is 1. The highest BCUT2D eigenvalue weighted by atomic mass is 35.5. The van der Waals surface area contributed by atoms with Crippen LogP contribution in [0.25, 0.3) is 11.3 Å². The molecule has 1 N–H and O–H groups in total. The number of carbonyl (C=O) groups excluding carboxylic acids is 1. The minimum Gasteiger partial charge on any atom is -0.496 e. The second-order valence-electron chi connectivity index (χ2n) is 6.91. The highest BCUT2D eigenvalue weighted by Gasteiger charge is 2.18. The van der Waals surface area contributed by atoms with Crippen molar-refractivity contribution in [3.05, 3.63) is 74.0 Å². The number of thiazole rings is 2. The van der Waals surface area contributed by atoms with Crippen LogP contribution in [0, 0.1) is 13.8 Å². The van der Waals surface area contributed by atoms with Gasteiger partial charge < -0.3 is 9.47 Å². The van der Waals surface area contributed by atoms with E-state index in [-0.39, 0.29) is 12.5 Å². The van der Waals surface area contributed by atoms with Crippen molar-refractivity contribution in [2.75, 3.05) is 12.4 Å². The highest BCUT2D eigenvalue weighted by Crippen LogP contribution is 2.32. The Hall–Kier alpha value is -2.94. The van der Waals surface area contributed by atoms with E-state index in [1.54, 1.807) is 13.2 Å². The number of methoxy groups -OCH3 is 1. The van der Waals surface area contributed by atoms with Gasteiger partial charge in [-0.2, -0.15) is 0 Å². The normalized spacial score (nSPS) is 10.8. The summed E-state index contributed by atoms with van der Waals surface area (Å²) in [5.74, 6) is 1.20. The summed E-state index contributed by atoms with van der Waals surface area (Å²) < 4.78 is 11.2. The van der Waals surface area contributed by atoms with Gasteiger partial charge in [0.15, 0.2) is 5.13 Å². The maximum atomic E-state index is 12.8. The summed E-state index contributed by atoms with van der Waals surface area (Å²) in [5, 5.41) is 6.68. The van der Waals surface area contributed by atoms with E-state index < -0.39 is 0 Å². The van der Waals surface area contributed by atoms with E-state index in [4.69, 9.17) is 21.1 Å². The maximum absolute atomic E-state index is 12.8. The Morgan fingerprint density at radius 1 is 1.16 bits per heavy atom. The van der Waals surface area contributed by atoms with Crippen LogP contribution in [0.15, 0.2) is 47.8 Å². The zero-order valence-electron chi connectivity index (χ0n) is 17.6. The summed E-state index contributed by atoms with van der Waals surface area (Å²) in [7, 11) is 1.62. The van der Waals surface area contributed by atoms with Crippen LogP contribution < -0.4 is 14.8 Å². The van der Waals surface area contributed by atoms with Gasteiger partial charge in [0, 0.05) is 16.0 Å². The predicted molar refractivity (Wildman–Crippen MR) is 129 cm³/mol. The number of halogens is 1. The lowest BCUT2D eigenvalue weighted by atomic mass is 10.1. The molecule has 164 valence electrons. The van der Waals surface area contributed by atoms with Crippen LogP contribution in [0.3, 0.4) is 0 Å². The molecule has 4 aromatic rings. The second kappa shape index (κ2) is 9.68. The molecule has 0 aliphatic heterocycles. The first-order chi connectivity index (χ1) is 15.4. The summed E-state index contributed by atoms with van der Waals surface area (Å²) in [6, 6.07) is 13.1. The number of aryl methyl sites for hydroxylation is 2. The van der Waals surface area contributed by atoms with E-state index in [0.717, 1.165) is 22.6 Å². The zero-order valence-corrected chi connectivity index (χ0v) is 20.0. The van der Waals surface area contributed by atoms with Crippen LogP contribution >= 0.6 is 34.3 Å². The van der Waals surface area contributed by atoms with Crippen molar-refractivity contribution < 1.29 is 14.3 Å². The molecule has 0 radical (unpaired) electrons. The van der Waals surface area contributed by atoms with Crippen molar-refractivity contribution in [3.8, 4) is 22.8 Å². The number of carbonyl (C=O) groups is 1. The first-order valence-corrected chi connectivity index (χ1v) is 11.8. The molecule has 0 spiro atoms. The minimum absolute atomic E-state index is 0.241. The number of benzene rings is 2. The van der Waals surface area contributed by atoms with Crippen molar-refractivity contribution in [1.29, 1.82) is 0 Å². The monoisotopic (exact) mass is 485 g/mol. The summed E-state index contributed by atoms with van der Waals surface area (Å²) >= 11 is 8.72. The second-order valence-corrected chi connectivity index (χ2v) is 9.26. The Balaban J connectivity index is 1.43. The lowest BCUT2D eigenvalue weighted by Crippen LogP contribution is -2.11. The first-order valence-electron chi connectivity index (χ1n) is 9.70. The molecule has 2 aromatic carbocycles. The fraction of sp³-hybridized carbons (Fsp3) is 0.174. The van der Waals surface area contributed by atoms with E-state index in [9.17, 15) is 4.79 Å². The summed E-state index contributed by atoms with van der Waals surface area (Å²) in [6.07, 6.45) is 0. The van der Waals surface area contributed by atoms with Crippen molar-refractivity contribution in [1.82, 2.24) is 9.97 Å². The number of ether oxygens (including phenoxy) is 2. The fourth-order valence-corrected chi connectivity index (χ4v) is 4.74. The first kappa shape index (κ1) is 22.3. The molecule has 0 aliphatic rings. The Kier molecular flexibility index (Phi) is 6.74. The van der Waals surface area contributed by atoms with E-state index >= 15 is 0 Å². The molecule has 0 bridgehead atoms. The van der Waals surface area contributed by atoms with Gasteiger partial charge in [-0.3, -0.25) is 10.1 Å². The topological polar surface area (TPSA) is 73.3 Å². The van der Waals surface area contributed by atoms with Crippen LogP contribution in [0.1, 0.15) is 25.9 Å². The number of hydrogen-bond acceptors (Lipinski definition) is 7. The van der Waals surface area contributed by atoms with Gasteiger partial charge in [0.1, 0.15) is 28.0 Å². The minimum atomic E-state index is -0.241. The van der Waals surface area contributed by atoms with Gasteiger partial charge in [-0.1, -0.05) is 23.7 Å². The molecule has 0 saturated heterocycles. The molecule has 32 heavy (non-hydrogen) atoms. The number of rotatable bonds is 7. The molecule has 0 fully saturated rings. The molecule has 0 aliphatic carbocycles. The molecular formula is C23H20ClN3O3S2. The third-order valence-corrected chi connectivity index (χ3v) is 6.96. The average Bonchev–Trinajstić information content (AvgIpc) is 3.41. The Labute approximate surface area is 198 Å². The van der Waals surface area contributed by atoms with Crippen LogP contribution in [-0.4, -0.2) is 23.0 Å². The lowest BCUT2D eigenvalue weighted by Gasteiger charge is -2.05. The summed E-state index contributed by atoms with van der Waals surface area (Å²) in [6.45, 7) is 4.00. The Morgan fingerprint density at radius 2 is 1.97 bits per heavy atom. The van der Waals surface area contributed by atoms with E-state index in [0.29, 0.717) is 31.5 Å². The van der Waals surface area contributed by atoms with Gasteiger partial charge in [-0.05, 0) is 49.7 Å². The van der Waals surface area contributed by atoms with Crippen molar-refractivity contribution >= 4 is 45.3 Å². The third kappa shape index (κ3) is 4.93. The van der Waals surface area contributed by atoms with E-state index in [2.05, 4.69) is 15.3 Å². The Morgan fingerprint density at radius 3 is 2.75 bits per heavy atom. The summed E-state index contributed by atoms with van der Waals surface area (Å²) in [5.41, 5.74) is 3.21. The van der Waals surface area contributed by atoms with E-state index in [1.165, 1.54) is 22.7 Å². The zero-order chi connectivity index (χ0) is 22.7. The van der Waals surface area contributed by atoms with Crippen LogP contribution in [0.4, 0.5) is 5.13 Å². The molecule has 9 heteroatoms. The van der Waals surface area contributed by atoms with Crippen molar-refractivity contribution in [3.63, 3.8) is 0 Å². The largest absolute Gasteiger partial charge is 0.496 e. The number of nitrogens with zero attached hydrogens (tertiary/aromatic N) is 2. The number of hydrogen-bond donors (Lipinski definition) is 1. The number of anilines is 1. The Bertz CT molecular complexity index is 1270. The smallest absolute Gasteiger partial charge is 0.269 e. The fourth-order valence-electron chi connectivity index (χ4n) is 3.04.